The molecule has 0 saturated heterocycles. The van der Waals surface area contributed by atoms with Gasteiger partial charge in [-0.15, -0.1) is 11.8 Å². The van der Waals surface area contributed by atoms with Crippen LogP contribution in [0.15, 0.2) is 41.6 Å². The van der Waals surface area contributed by atoms with Crippen molar-refractivity contribution in [2.75, 3.05) is 24.8 Å². The lowest BCUT2D eigenvalue weighted by Gasteiger charge is -2.19. The number of pyridine rings is 1. The SMILES string of the molecule is CSc1ncccc1C(=O)O[C@H](C)C(=O)Nc1ccc2c(c1)OCCO2. The van der Waals surface area contributed by atoms with E-state index in [9.17, 15) is 9.59 Å². The Morgan fingerprint density at radius 3 is 2.77 bits per heavy atom. The number of carbonyl (C=O) groups excluding carboxylic acids is 2. The fraction of sp³-hybridized carbons (Fsp3) is 0.278. The molecule has 0 aliphatic carbocycles. The Balaban J connectivity index is 1.63. The average molecular weight is 374 g/mol. The van der Waals surface area contributed by atoms with Gasteiger partial charge in [0.15, 0.2) is 17.6 Å². The maximum atomic E-state index is 12.3. The molecule has 2 heterocycles. The van der Waals surface area contributed by atoms with Crippen LogP contribution in [0.3, 0.4) is 0 Å². The molecule has 136 valence electrons. The number of hydrogen-bond donors (Lipinski definition) is 1. The number of nitrogens with one attached hydrogen (secondary N) is 1. The van der Waals surface area contributed by atoms with Crippen molar-refractivity contribution in [3.05, 3.63) is 42.1 Å². The summed E-state index contributed by atoms with van der Waals surface area (Å²) in [6, 6.07) is 8.37. The summed E-state index contributed by atoms with van der Waals surface area (Å²) in [5, 5.41) is 3.26. The highest BCUT2D eigenvalue weighted by Gasteiger charge is 2.22. The van der Waals surface area contributed by atoms with Crippen LogP contribution in [0.25, 0.3) is 0 Å². The van der Waals surface area contributed by atoms with Crippen LogP contribution >= 0.6 is 11.8 Å². The van der Waals surface area contributed by atoms with Crippen molar-refractivity contribution in [2.24, 2.45) is 0 Å². The lowest BCUT2D eigenvalue weighted by atomic mass is 10.2. The number of ether oxygens (including phenoxy) is 3. The standard InChI is InChI=1S/C18H18N2O5S/c1-11(25-18(22)13-4-3-7-19-17(13)26-2)16(21)20-12-5-6-14-15(10-12)24-9-8-23-14/h3-7,10-11H,8-9H2,1-2H3,(H,20,21)/t11-/m1/s1. The van der Waals surface area contributed by atoms with Gasteiger partial charge >= 0.3 is 5.97 Å². The van der Waals surface area contributed by atoms with E-state index in [1.807, 2.05) is 6.26 Å². The van der Waals surface area contributed by atoms with Crippen LogP contribution < -0.4 is 14.8 Å². The van der Waals surface area contributed by atoms with Crippen molar-refractivity contribution in [1.29, 1.82) is 0 Å². The molecule has 0 spiro atoms. The summed E-state index contributed by atoms with van der Waals surface area (Å²) in [5.74, 6) is 0.172. The highest BCUT2D eigenvalue weighted by Crippen LogP contribution is 2.32. The second kappa shape index (κ2) is 8.09. The van der Waals surface area contributed by atoms with Crippen molar-refractivity contribution in [2.45, 2.75) is 18.1 Å². The van der Waals surface area contributed by atoms with Crippen LogP contribution in [-0.2, 0) is 9.53 Å². The molecule has 0 bridgehead atoms. The lowest BCUT2D eigenvalue weighted by molar-refractivity contribution is -0.123. The Hall–Kier alpha value is -2.74. The molecular formula is C18H18N2O5S. The van der Waals surface area contributed by atoms with E-state index in [-0.39, 0.29) is 0 Å². The van der Waals surface area contributed by atoms with Crippen molar-refractivity contribution in [3.8, 4) is 11.5 Å². The number of benzene rings is 1. The quantitative estimate of drug-likeness (QED) is 0.636. The molecule has 3 rings (SSSR count). The van der Waals surface area contributed by atoms with Gasteiger partial charge in [0.2, 0.25) is 0 Å². The number of hydrogen-bond acceptors (Lipinski definition) is 7. The van der Waals surface area contributed by atoms with Crippen molar-refractivity contribution < 1.29 is 23.8 Å². The molecule has 8 heteroatoms. The Labute approximate surface area is 155 Å². The normalized spacial score (nSPS) is 13.6. The first kappa shape index (κ1) is 18.1. The molecule has 0 fully saturated rings. The third-order valence-electron chi connectivity index (χ3n) is 3.65. The number of amides is 1. The summed E-state index contributed by atoms with van der Waals surface area (Å²) in [7, 11) is 0. The van der Waals surface area contributed by atoms with E-state index in [1.54, 1.807) is 36.5 Å². The van der Waals surface area contributed by atoms with Gasteiger partial charge in [-0.3, -0.25) is 4.79 Å². The highest BCUT2D eigenvalue weighted by atomic mass is 32.2. The van der Waals surface area contributed by atoms with Gasteiger partial charge in [-0.05, 0) is 37.4 Å². The smallest absolute Gasteiger partial charge is 0.341 e. The van der Waals surface area contributed by atoms with Gasteiger partial charge in [-0.25, -0.2) is 9.78 Å². The molecule has 26 heavy (non-hydrogen) atoms. The topological polar surface area (TPSA) is 86.8 Å². The maximum Gasteiger partial charge on any atom is 0.341 e. The molecule has 1 aliphatic heterocycles. The predicted octanol–water partition coefficient (Wildman–Crippen LogP) is 2.76. The number of carbonyl (C=O) groups is 2. The molecule has 1 aliphatic rings. The summed E-state index contributed by atoms with van der Waals surface area (Å²) in [5.41, 5.74) is 0.868. The van der Waals surface area contributed by atoms with Crippen molar-refractivity contribution in [3.63, 3.8) is 0 Å². The zero-order chi connectivity index (χ0) is 18.5. The summed E-state index contributed by atoms with van der Waals surface area (Å²) in [6.07, 6.45) is 2.45. The molecule has 0 radical (unpaired) electrons. The first-order chi connectivity index (χ1) is 12.6. The molecule has 1 N–H and O–H groups in total. The third kappa shape index (κ3) is 4.08. The number of fused-ring (bicyclic) bond motifs is 1. The van der Waals surface area contributed by atoms with E-state index in [4.69, 9.17) is 14.2 Å². The zero-order valence-corrected chi connectivity index (χ0v) is 15.2. The number of rotatable bonds is 5. The van der Waals surface area contributed by atoms with Crippen LogP contribution in [0.4, 0.5) is 5.69 Å². The van der Waals surface area contributed by atoms with Crippen LogP contribution in [0.2, 0.25) is 0 Å². The van der Waals surface area contributed by atoms with Crippen LogP contribution in [0, 0.1) is 0 Å². The monoisotopic (exact) mass is 374 g/mol. The third-order valence-corrected chi connectivity index (χ3v) is 4.36. The number of esters is 1. The Morgan fingerprint density at radius 1 is 1.23 bits per heavy atom. The minimum Gasteiger partial charge on any atom is -0.486 e. The van der Waals surface area contributed by atoms with E-state index in [0.29, 0.717) is 41.0 Å². The first-order valence-electron chi connectivity index (χ1n) is 7.99. The summed E-state index contributed by atoms with van der Waals surface area (Å²) < 4.78 is 16.2. The Kier molecular flexibility index (Phi) is 5.62. The van der Waals surface area contributed by atoms with Gasteiger partial charge in [0.25, 0.3) is 5.91 Å². The second-order valence-electron chi connectivity index (χ2n) is 5.46. The zero-order valence-electron chi connectivity index (χ0n) is 14.4. The Morgan fingerprint density at radius 2 is 2.00 bits per heavy atom. The van der Waals surface area contributed by atoms with Gasteiger partial charge in [0.05, 0.1) is 5.56 Å². The fourth-order valence-electron chi connectivity index (χ4n) is 2.35. The number of aromatic nitrogens is 1. The van der Waals surface area contributed by atoms with E-state index >= 15 is 0 Å². The summed E-state index contributed by atoms with van der Waals surface area (Å²) >= 11 is 1.34. The summed E-state index contributed by atoms with van der Waals surface area (Å²) in [4.78, 5) is 28.7. The summed E-state index contributed by atoms with van der Waals surface area (Å²) in [6.45, 7) is 2.47. The molecule has 2 aromatic rings. The van der Waals surface area contributed by atoms with Crippen LogP contribution in [0.1, 0.15) is 17.3 Å². The van der Waals surface area contributed by atoms with Gasteiger partial charge < -0.3 is 19.5 Å². The average Bonchev–Trinajstić information content (AvgIpc) is 2.67. The van der Waals surface area contributed by atoms with Crippen LogP contribution in [-0.4, -0.2) is 42.4 Å². The molecule has 0 saturated carbocycles. The number of thioether (sulfide) groups is 1. The van der Waals surface area contributed by atoms with Gasteiger partial charge in [-0.1, -0.05) is 0 Å². The maximum absolute atomic E-state index is 12.3. The lowest BCUT2D eigenvalue weighted by Crippen LogP contribution is -2.30. The minimum atomic E-state index is -0.967. The van der Waals surface area contributed by atoms with Gasteiger partial charge in [0.1, 0.15) is 18.2 Å². The van der Waals surface area contributed by atoms with Crippen molar-refractivity contribution in [1.82, 2.24) is 4.98 Å². The van der Waals surface area contributed by atoms with E-state index in [1.165, 1.54) is 18.7 Å². The molecule has 1 atom stereocenters. The molecule has 1 aromatic heterocycles. The Bertz CT molecular complexity index is 827. The fourth-order valence-corrected chi connectivity index (χ4v) is 2.89. The largest absolute Gasteiger partial charge is 0.486 e. The highest BCUT2D eigenvalue weighted by molar-refractivity contribution is 7.98. The predicted molar refractivity (Wildman–Crippen MR) is 97.0 cm³/mol. The van der Waals surface area contributed by atoms with Gasteiger partial charge in [-0.2, -0.15) is 0 Å². The molecule has 0 unspecified atom stereocenters. The number of anilines is 1. The number of nitrogens with zero attached hydrogens (tertiary/aromatic N) is 1. The molecule has 1 amide bonds. The van der Waals surface area contributed by atoms with Gasteiger partial charge in [0, 0.05) is 18.0 Å². The van der Waals surface area contributed by atoms with E-state index < -0.39 is 18.0 Å². The molecular weight excluding hydrogens is 356 g/mol. The molecule has 7 nitrogen and oxygen atoms in total. The second-order valence-corrected chi connectivity index (χ2v) is 6.25. The first-order valence-corrected chi connectivity index (χ1v) is 9.21. The van der Waals surface area contributed by atoms with Crippen molar-refractivity contribution >= 4 is 29.3 Å². The molecule has 1 aromatic carbocycles. The van der Waals surface area contributed by atoms with E-state index in [2.05, 4.69) is 10.3 Å². The van der Waals surface area contributed by atoms with Crippen LogP contribution in [0.5, 0.6) is 11.5 Å². The minimum absolute atomic E-state index is 0.332. The van der Waals surface area contributed by atoms with E-state index in [0.717, 1.165) is 0 Å².